The highest BCUT2D eigenvalue weighted by atomic mass is 35.5. The molecule has 0 bridgehead atoms. The fourth-order valence-corrected chi connectivity index (χ4v) is 2.03. The first kappa shape index (κ1) is 13.8. The fourth-order valence-electron chi connectivity index (χ4n) is 1.89. The highest BCUT2D eigenvalue weighted by Crippen LogP contribution is 2.27. The number of hydrogen-bond acceptors (Lipinski definition) is 2. The Balaban J connectivity index is 2.37. The van der Waals surface area contributed by atoms with Crippen molar-refractivity contribution in [2.75, 3.05) is 11.4 Å². The lowest BCUT2D eigenvalue weighted by Crippen LogP contribution is -2.20. The van der Waals surface area contributed by atoms with Gasteiger partial charge >= 0.3 is 0 Å². The summed E-state index contributed by atoms with van der Waals surface area (Å²) in [6.45, 7) is 2.83. The van der Waals surface area contributed by atoms with E-state index in [1.54, 1.807) is 0 Å². The number of rotatable bonds is 5. The molecule has 0 aliphatic heterocycles. The molecule has 0 atom stereocenters. The summed E-state index contributed by atoms with van der Waals surface area (Å²) in [5.74, 6) is -0.0727. The third-order valence-electron chi connectivity index (χ3n) is 2.85. The summed E-state index contributed by atoms with van der Waals surface area (Å²) in [6, 6.07) is 11.0. The van der Waals surface area contributed by atoms with E-state index < -0.39 is 5.82 Å². The molecule has 19 heavy (non-hydrogen) atoms. The Labute approximate surface area is 117 Å². The van der Waals surface area contributed by atoms with Crippen LogP contribution in [0.3, 0.4) is 0 Å². The van der Waals surface area contributed by atoms with E-state index >= 15 is 0 Å². The van der Waals surface area contributed by atoms with Crippen LogP contribution in [0, 0.1) is 5.82 Å². The zero-order chi connectivity index (χ0) is 13.7. The molecule has 1 aromatic carbocycles. The Bertz CT molecular complexity index is 531. The summed E-state index contributed by atoms with van der Waals surface area (Å²) in [6.07, 6.45) is 3.49. The molecule has 100 valence electrons. The topological polar surface area (TPSA) is 16.1 Å². The minimum absolute atomic E-state index is 0.310. The van der Waals surface area contributed by atoms with Crippen molar-refractivity contribution in [2.45, 2.75) is 19.8 Å². The Kier molecular flexibility index (Phi) is 4.74. The molecule has 0 saturated heterocycles. The van der Waals surface area contributed by atoms with Gasteiger partial charge in [0.25, 0.3) is 0 Å². The lowest BCUT2D eigenvalue weighted by atomic mass is 10.2. The SMILES string of the molecule is CCCCN(c1ccccc1)c1ncc(Cl)cc1F. The first-order chi connectivity index (χ1) is 9.22. The summed E-state index contributed by atoms with van der Waals surface area (Å²) in [4.78, 5) is 6.01. The van der Waals surface area contributed by atoms with Crippen molar-refractivity contribution in [3.63, 3.8) is 0 Å². The molecule has 0 radical (unpaired) electrons. The highest BCUT2D eigenvalue weighted by molar-refractivity contribution is 6.30. The molecule has 1 aromatic heterocycles. The van der Waals surface area contributed by atoms with E-state index in [9.17, 15) is 4.39 Å². The molecule has 0 amide bonds. The van der Waals surface area contributed by atoms with Gasteiger partial charge in [0, 0.05) is 18.4 Å². The van der Waals surface area contributed by atoms with Gasteiger partial charge in [-0.05, 0) is 24.6 Å². The Morgan fingerprint density at radius 1 is 1.26 bits per heavy atom. The predicted molar refractivity (Wildman–Crippen MR) is 77.6 cm³/mol. The minimum Gasteiger partial charge on any atom is -0.324 e. The van der Waals surface area contributed by atoms with Crippen LogP contribution in [-0.2, 0) is 0 Å². The molecule has 1 heterocycles. The van der Waals surface area contributed by atoms with Crippen molar-refractivity contribution in [1.29, 1.82) is 0 Å². The average Bonchev–Trinajstić information content (AvgIpc) is 2.42. The molecule has 0 fully saturated rings. The number of benzene rings is 1. The molecule has 0 unspecified atom stereocenters. The molecule has 0 aliphatic carbocycles. The zero-order valence-electron chi connectivity index (χ0n) is 10.8. The Morgan fingerprint density at radius 3 is 2.63 bits per heavy atom. The second kappa shape index (κ2) is 6.53. The number of nitrogens with zero attached hydrogens (tertiary/aromatic N) is 2. The van der Waals surface area contributed by atoms with Gasteiger partial charge in [0.15, 0.2) is 11.6 Å². The van der Waals surface area contributed by atoms with Crippen LogP contribution < -0.4 is 4.90 Å². The van der Waals surface area contributed by atoms with Gasteiger partial charge in [0.05, 0.1) is 5.02 Å². The predicted octanol–water partition coefficient (Wildman–Crippen LogP) is 4.81. The van der Waals surface area contributed by atoms with E-state index in [2.05, 4.69) is 11.9 Å². The van der Waals surface area contributed by atoms with Gasteiger partial charge in [-0.15, -0.1) is 0 Å². The summed E-state index contributed by atoms with van der Waals surface area (Å²) in [5.41, 5.74) is 0.935. The van der Waals surface area contributed by atoms with Gasteiger partial charge in [-0.3, -0.25) is 0 Å². The zero-order valence-corrected chi connectivity index (χ0v) is 11.6. The lowest BCUT2D eigenvalue weighted by Gasteiger charge is -2.24. The maximum Gasteiger partial charge on any atom is 0.169 e. The number of halogens is 2. The molecular weight excluding hydrogens is 263 g/mol. The fraction of sp³-hybridized carbons (Fsp3) is 0.267. The van der Waals surface area contributed by atoms with Gasteiger partial charge in [-0.25, -0.2) is 9.37 Å². The van der Waals surface area contributed by atoms with Crippen LogP contribution in [0.5, 0.6) is 0 Å². The smallest absolute Gasteiger partial charge is 0.169 e. The lowest BCUT2D eigenvalue weighted by molar-refractivity contribution is 0.615. The summed E-state index contributed by atoms with van der Waals surface area (Å²) in [5, 5.41) is 0.310. The van der Waals surface area contributed by atoms with E-state index in [4.69, 9.17) is 11.6 Å². The molecule has 4 heteroatoms. The van der Waals surface area contributed by atoms with Crippen LogP contribution in [0.2, 0.25) is 5.02 Å². The monoisotopic (exact) mass is 278 g/mol. The van der Waals surface area contributed by atoms with Crippen molar-refractivity contribution in [3.8, 4) is 0 Å². The molecule has 0 saturated carbocycles. The van der Waals surface area contributed by atoms with E-state index in [-0.39, 0.29) is 0 Å². The van der Waals surface area contributed by atoms with Crippen molar-refractivity contribution < 1.29 is 4.39 Å². The molecule has 0 aliphatic rings. The van der Waals surface area contributed by atoms with Crippen molar-refractivity contribution in [1.82, 2.24) is 4.98 Å². The van der Waals surface area contributed by atoms with Crippen molar-refractivity contribution in [3.05, 3.63) is 53.4 Å². The van der Waals surface area contributed by atoms with E-state index in [1.165, 1.54) is 12.3 Å². The second-order valence-corrected chi connectivity index (χ2v) is 4.74. The largest absolute Gasteiger partial charge is 0.324 e. The van der Waals surface area contributed by atoms with Gasteiger partial charge in [-0.2, -0.15) is 0 Å². The maximum atomic E-state index is 14.0. The minimum atomic E-state index is -0.396. The van der Waals surface area contributed by atoms with E-state index in [0.717, 1.165) is 25.1 Å². The molecule has 2 aromatic rings. The number of pyridine rings is 1. The first-order valence-electron chi connectivity index (χ1n) is 6.36. The van der Waals surface area contributed by atoms with E-state index in [1.807, 2.05) is 35.2 Å². The summed E-state index contributed by atoms with van der Waals surface area (Å²) < 4.78 is 14.0. The molecule has 0 spiro atoms. The number of anilines is 2. The van der Waals surface area contributed by atoms with Crippen LogP contribution in [0.25, 0.3) is 0 Å². The number of aromatic nitrogens is 1. The van der Waals surface area contributed by atoms with Crippen molar-refractivity contribution in [2.24, 2.45) is 0 Å². The number of para-hydroxylation sites is 1. The summed E-state index contributed by atoms with van der Waals surface area (Å²) >= 11 is 5.75. The second-order valence-electron chi connectivity index (χ2n) is 4.30. The Morgan fingerprint density at radius 2 is 2.00 bits per heavy atom. The maximum absolute atomic E-state index is 14.0. The molecule has 2 rings (SSSR count). The van der Waals surface area contributed by atoms with Crippen LogP contribution in [0.15, 0.2) is 42.6 Å². The van der Waals surface area contributed by atoms with Gasteiger partial charge in [-0.1, -0.05) is 43.1 Å². The number of hydrogen-bond donors (Lipinski definition) is 0. The van der Waals surface area contributed by atoms with Crippen LogP contribution in [0.4, 0.5) is 15.9 Å². The van der Waals surface area contributed by atoms with Gasteiger partial charge in [0.2, 0.25) is 0 Å². The van der Waals surface area contributed by atoms with Gasteiger partial charge < -0.3 is 4.90 Å². The quantitative estimate of drug-likeness (QED) is 0.780. The molecular formula is C15H16ClFN2. The van der Waals surface area contributed by atoms with E-state index in [0.29, 0.717) is 10.8 Å². The van der Waals surface area contributed by atoms with Gasteiger partial charge in [0.1, 0.15) is 0 Å². The van der Waals surface area contributed by atoms with Crippen LogP contribution in [0.1, 0.15) is 19.8 Å². The normalized spacial score (nSPS) is 10.5. The highest BCUT2D eigenvalue weighted by Gasteiger charge is 2.15. The third-order valence-corrected chi connectivity index (χ3v) is 3.05. The van der Waals surface area contributed by atoms with Crippen molar-refractivity contribution >= 4 is 23.1 Å². The standard InChI is InChI=1S/C15H16ClFN2/c1-2-3-9-19(13-7-5-4-6-8-13)15-14(17)10-12(16)11-18-15/h4-8,10-11H,2-3,9H2,1H3. The Hall–Kier alpha value is -1.61. The summed E-state index contributed by atoms with van der Waals surface area (Å²) in [7, 11) is 0. The molecule has 2 nitrogen and oxygen atoms in total. The average molecular weight is 279 g/mol. The first-order valence-corrected chi connectivity index (χ1v) is 6.73. The third kappa shape index (κ3) is 3.44. The van der Waals surface area contributed by atoms with Crippen LogP contribution >= 0.6 is 11.6 Å². The number of unbranched alkanes of at least 4 members (excludes halogenated alkanes) is 1. The molecule has 0 N–H and O–H groups in total. The van der Waals surface area contributed by atoms with Crippen LogP contribution in [-0.4, -0.2) is 11.5 Å².